The molecule has 0 saturated carbocycles. The summed E-state index contributed by atoms with van der Waals surface area (Å²) in [5.74, 6) is 0.627. The third-order valence-corrected chi connectivity index (χ3v) is 10.1. The Morgan fingerprint density at radius 2 is 1.02 bits per heavy atom. The molecule has 0 aliphatic carbocycles. The number of hydrogen-bond acceptors (Lipinski definition) is 4. The summed E-state index contributed by atoms with van der Waals surface area (Å²) in [6.07, 6.45) is 0. The fourth-order valence-corrected chi connectivity index (χ4v) is 7.71. The highest BCUT2D eigenvalue weighted by Gasteiger charge is 2.19. The van der Waals surface area contributed by atoms with E-state index < -0.39 is 12.1 Å². The number of thiophene rings is 1. The lowest BCUT2D eigenvalue weighted by molar-refractivity contribution is 1.07. The van der Waals surface area contributed by atoms with Gasteiger partial charge < -0.3 is 4.57 Å². The van der Waals surface area contributed by atoms with E-state index in [1.165, 1.54) is 0 Å². The monoisotopic (exact) mass is 663 g/mol. The Kier molecular flexibility index (Phi) is 5.17. The maximum absolute atomic E-state index is 9.83. The number of hydrogen-bond donors (Lipinski definition) is 0. The summed E-state index contributed by atoms with van der Waals surface area (Å²) in [6.45, 7) is 0. The number of benzene rings is 7. The van der Waals surface area contributed by atoms with Crippen molar-refractivity contribution in [3.63, 3.8) is 0 Å². The molecule has 234 valence electrons. The quantitative estimate of drug-likeness (QED) is 0.184. The Morgan fingerprint density at radius 1 is 0.440 bits per heavy atom. The van der Waals surface area contributed by atoms with E-state index in [1.807, 2.05) is 127 Å². The molecule has 4 nitrogen and oxygen atoms in total. The van der Waals surface area contributed by atoms with Gasteiger partial charge in [0.25, 0.3) is 0 Å². The molecule has 0 radical (unpaired) electrons. The number of aromatic nitrogens is 4. The average Bonchev–Trinajstić information content (AvgIpc) is 3.82. The smallest absolute Gasteiger partial charge is 0.164 e. The van der Waals surface area contributed by atoms with Crippen molar-refractivity contribution in [2.24, 2.45) is 0 Å². The number of rotatable bonds is 5. The van der Waals surface area contributed by atoms with Crippen LogP contribution in [0.3, 0.4) is 0 Å². The molecule has 3 aromatic heterocycles. The van der Waals surface area contributed by atoms with Gasteiger partial charge in [-0.25, -0.2) is 15.0 Å². The first-order valence-electron chi connectivity index (χ1n) is 19.6. The minimum atomic E-state index is -0.457. The Morgan fingerprint density at radius 3 is 1.80 bits per heavy atom. The van der Waals surface area contributed by atoms with Crippen molar-refractivity contribution in [3.05, 3.63) is 170 Å². The zero-order valence-corrected chi connectivity index (χ0v) is 27.1. The maximum Gasteiger partial charge on any atom is 0.164 e. The Hall–Kier alpha value is -6.43. The normalized spacial score (nSPS) is 13.6. The molecule has 10 rings (SSSR count). The van der Waals surface area contributed by atoms with Crippen LogP contribution < -0.4 is 0 Å². The van der Waals surface area contributed by atoms with E-state index in [9.17, 15) is 6.85 Å². The van der Waals surface area contributed by atoms with Crippen LogP contribution in [-0.4, -0.2) is 19.5 Å². The molecule has 0 amide bonds. The second-order valence-electron chi connectivity index (χ2n) is 11.9. The van der Waals surface area contributed by atoms with Gasteiger partial charge in [0.2, 0.25) is 0 Å². The summed E-state index contributed by atoms with van der Waals surface area (Å²) in [5, 5.41) is 1.99. The van der Waals surface area contributed by atoms with Crippen molar-refractivity contribution < 1.29 is 9.60 Å². The molecule has 0 unspecified atom stereocenters. The van der Waals surface area contributed by atoms with Gasteiger partial charge in [-0.3, -0.25) is 0 Å². The number of nitrogens with zero attached hydrogens (tertiary/aromatic N) is 4. The number of para-hydroxylation sites is 1. The van der Waals surface area contributed by atoms with Gasteiger partial charge in [-0.15, -0.1) is 11.3 Å². The van der Waals surface area contributed by atoms with Gasteiger partial charge in [0.15, 0.2) is 17.5 Å². The third kappa shape index (κ3) is 4.71. The summed E-state index contributed by atoms with van der Waals surface area (Å²) in [6, 6.07) is 38.5. The zero-order valence-electron chi connectivity index (χ0n) is 33.3. The highest BCUT2D eigenvalue weighted by Crippen LogP contribution is 2.41. The van der Waals surface area contributed by atoms with Crippen LogP contribution in [0.25, 0.3) is 93.0 Å². The minimum absolute atomic E-state index is 0.00375. The molecule has 0 atom stereocenters. The Bertz CT molecular complexity index is 3260. The highest BCUT2D eigenvalue weighted by molar-refractivity contribution is 7.25. The molecular formula is C45H28N4S. The third-order valence-electron chi connectivity index (χ3n) is 8.92. The summed E-state index contributed by atoms with van der Waals surface area (Å²) in [4.78, 5) is 14.5. The molecule has 0 N–H and O–H groups in total. The lowest BCUT2D eigenvalue weighted by Gasteiger charge is -2.11. The largest absolute Gasteiger partial charge is 0.309 e. The molecule has 0 fully saturated rings. The van der Waals surface area contributed by atoms with Gasteiger partial charge >= 0.3 is 0 Å². The molecule has 0 bridgehead atoms. The predicted molar refractivity (Wildman–Crippen MR) is 209 cm³/mol. The molecule has 0 saturated heterocycles. The summed E-state index contributed by atoms with van der Waals surface area (Å²) in [5.41, 5.74) is 4.24. The molecule has 0 aliphatic heterocycles. The molecule has 5 heteroatoms. The van der Waals surface area contributed by atoms with Gasteiger partial charge in [0.05, 0.1) is 26.3 Å². The molecule has 3 heterocycles. The fraction of sp³-hybridized carbons (Fsp3) is 0. The second kappa shape index (κ2) is 11.6. The van der Waals surface area contributed by atoms with E-state index in [0.29, 0.717) is 28.5 Å². The second-order valence-corrected chi connectivity index (χ2v) is 13.0. The standard InChI is InChI=1S/C45H28N4S/c1-3-12-29(13-4-1)30-22-24-32(25-23-30)44-46-43(31-14-5-2-6-15-31)47-45(48-44)33-26-27-38-36(28-33)34-16-7-9-18-37(34)49(38)39-19-11-21-41-42(39)35-17-8-10-20-40(35)50-41/h1-28H/i7D,9D,16D,18D,26D,27D,28D. The van der Waals surface area contributed by atoms with E-state index in [0.717, 1.165) is 31.3 Å². The van der Waals surface area contributed by atoms with Gasteiger partial charge in [0, 0.05) is 47.6 Å². The molecule has 7 aromatic carbocycles. The topological polar surface area (TPSA) is 43.6 Å². The predicted octanol–water partition coefficient (Wildman–Crippen LogP) is 12.0. The van der Waals surface area contributed by atoms with Crippen molar-refractivity contribution in [1.82, 2.24) is 19.5 Å². The van der Waals surface area contributed by atoms with Crippen LogP contribution in [0.4, 0.5) is 0 Å². The van der Waals surface area contributed by atoms with E-state index in [1.54, 1.807) is 15.9 Å². The fourth-order valence-electron chi connectivity index (χ4n) is 6.59. The first-order valence-corrected chi connectivity index (χ1v) is 17.0. The molecule has 50 heavy (non-hydrogen) atoms. The van der Waals surface area contributed by atoms with E-state index in [4.69, 9.17) is 17.7 Å². The van der Waals surface area contributed by atoms with Gasteiger partial charge in [-0.2, -0.15) is 0 Å². The van der Waals surface area contributed by atoms with Crippen LogP contribution in [0.1, 0.15) is 9.60 Å². The molecular weight excluding hydrogens is 629 g/mol. The van der Waals surface area contributed by atoms with Gasteiger partial charge in [0.1, 0.15) is 0 Å². The zero-order chi connectivity index (χ0) is 39.1. The Balaban J connectivity index is 1.29. The van der Waals surface area contributed by atoms with Crippen molar-refractivity contribution in [3.8, 4) is 51.0 Å². The van der Waals surface area contributed by atoms with Crippen LogP contribution in [-0.2, 0) is 0 Å². The van der Waals surface area contributed by atoms with Gasteiger partial charge in [-0.05, 0) is 53.5 Å². The van der Waals surface area contributed by atoms with Crippen LogP contribution in [0, 0.1) is 0 Å². The van der Waals surface area contributed by atoms with Crippen molar-refractivity contribution in [2.45, 2.75) is 0 Å². The minimum Gasteiger partial charge on any atom is -0.309 e. The van der Waals surface area contributed by atoms with Crippen molar-refractivity contribution in [1.29, 1.82) is 0 Å². The molecule has 0 spiro atoms. The summed E-state index contributed by atoms with van der Waals surface area (Å²) >= 11 is 1.60. The molecule has 10 aromatic rings. The van der Waals surface area contributed by atoms with E-state index in [-0.39, 0.29) is 63.4 Å². The lowest BCUT2D eigenvalue weighted by atomic mass is 10.0. The number of fused-ring (bicyclic) bond motifs is 6. The van der Waals surface area contributed by atoms with E-state index in [2.05, 4.69) is 0 Å². The van der Waals surface area contributed by atoms with Crippen LogP contribution >= 0.6 is 11.3 Å². The Labute approximate surface area is 302 Å². The first-order chi connectivity index (χ1) is 27.7. The van der Waals surface area contributed by atoms with E-state index >= 15 is 0 Å². The van der Waals surface area contributed by atoms with Crippen molar-refractivity contribution in [2.75, 3.05) is 0 Å². The van der Waals surface area contributed by atoms with Crippen LogP contribution in [0.5, 0.6) is 0 Å². The lowest BCUT2D eigenvalue weighted by Crippen LogP contribution is -2.00. The van der Waals surface area contributed by atoms with Crippen LogP contribution in [0.15, 0.2) is 170 Å². The van der Waals surface area contributed by atoms with Crippen LogP contribution in [0.2, 0.25) is 0 Å². The summed E-state index contributed by atoms with van der Waals surface area (Å²) < 4.78 is 68.4. The SMILES string of the molecule is [2H]c1c([2H])c([2H])c2c(c1[2H])c1c([2H])c(-c3nc(-c4ccccc4)nc(-c4ccc(-c5ccccc5)cc4)n3)c([2H])c([2H])c1n2-c1cccc2sc3ccccc3c12. The summed E-state index contributed by atoms with van der Waals surface area (Å²) in [7, 11) is 0. The van der Waals surface area contributed by atoms with Gasteiger partial charge in [-0.1, -0.05) is 127 Å². The maximum atomic E-state index is 9.83. The highest BCUT2D eigenvalue weighted by atomic mass is 32.1. The molecule has 0 aliphatic rings. The van der Waals surface area contributed by atoms with Crippen molar-refractivity contribution >= 4 is 53.3 Å². The first kappa shape index (κ1) is 22.3. The average molecular weight is 664 g/mol.